The van der Waals surface area contributed by atoms with E-state index in [-0.39, 0.29) is 18.0 Å². The van der Waals surface area contributed by atoms with Gasteiger partial charge in [-0.3, -0.25) is 14.7 Å². The topological polar surface area (TPSA) is 59.5 Å². The van der Waals surface area contributed by atoms with Crippen LogP contribution in [0.25, 0.3) is 0 Å². The van der Waals surface area contributed by atoms with Crippen LogP contribution in [0.2, 0.25) is 5.02 Å². The normalized spacial score (nSPS) is 19.6. The number of ether oxygens (including phenoxy) is 1. The molecular formula is C24H25ClN2O3. The van der Waals surface area contributed by atoms with E-state index in [2.05, 4.69) is 0 Å². The summed E-state index contributed by atoms with van der Waals surface area (Å²) in [5.74, 6) is 0.212. The monoisotopic (exact) mass is 424 g/mol. The Morgan fingerprint density at radius 3 is 2.53 bits per heavy atom. The minimum atomic E-state index is -0.508. The van der Waals surface area contributed by atoms with Crippen molar-refractivity contribution in [1.29, 1.82) is 0 Å². The summed E-state index contributed by atoms with van der Waals surface area (Å²) in [5, 5.41) is 0.672. The zero-order chi connectivity index (χ0) is 20.7. The molecule has 2 heterocycles. The number of fused-ring (bicyclic) bond motifs is 1. The molecule has 1 aromatic heterocycles. The fraction of sp³-hybridized carbons (Fsp3) is 0.458. The fourth-order valence-electron chi connectivity index (χ4n) is 4.46. The standard InChI is InChI=1S/C24H25ClN2O3/c25-17-6-4-16(5-7-17)15-22(28)24(12-2-13-24)21-11-10-20-19(26-21)3-1-14-27(20)23(29)30-18-8-9-18/h4-7,10-11,18H,1-3,8-9,12-15H2. The van der Waals surface area contributed by atoms with Gasteiger partial charge in [0, 0.05) is 18.0 Å². The lowest BCUT2D eigenvalue weighted by Gasteiger charge is -2.41. The van der Waals surface area contributed by atoms with Crippen LogP contribution in [0.1, 0.15) is 55.5 Å². The Hall–Kier alpha value is -2.40. The number of carbonyl (C=O) groups excluding carboxylic acids is 2. The van der Waals surface area contributed by atoms with Gasteiger partial charge in [-0.1, -0.05) is 30.2 Å². The van der Waals surface area contributed by atoms with Crippen LogP contribution in [-0.2, 0) is 27.8 Å². The maximum Gasteiger partial charge on any atom is 0.414 e. The number of rotatable bonds is 5. The highest BCUT2D eigenvalue weighted by Gasteiger charge is 2.46. The second kappa shape index (κ2) is 7.69. The van der Waals surface area contributed by atoms with Crippen molar-refractivity contribution in [3.05, 3.63) is 58.4 Å². The van der Waals surface area contributed by atoms with E-state index in [1.807, 2.05) is 36.4 Å². The first-order valence-electron chi connectivity index (χ1n) is 10.8. The molecule has 0 unspecified atom stereocenters. The zero-order valence-electron chi connectivity index (χ0n) is 16.9. The highest BCUT2D eigenvalue weighted by molar-refractivity contribution is 6.30. The van der Waals surface area contributed by atoms with Crippen LogP contribution in [0, 0.1) is 0 Å². The second-order valence-corrected chi connectivity index (χ2v) is 9.10. The van der Waals surface area contributed by atoms with Gasteiger partial charge in [-0.15, -0.1) is 0 Å². The molecule has 0 atom stereocenters. The van der Waals surface area contributed by atoms with Crippen molar-refractivity contribution in [1.82, 2.24) is 4.98 Å². The third kappa shape index (κ3) is 3.60. The molecule has 0 spiro atoms. The van der Waals surface area contributed by atoms with E-state index in [1.54, 1.807) is 4.90 Å². The molecule has 2 fully saturated rings. The summed E-state index contributed by atoms with van der Waals surface area (Å²) >= 11 is 5.97. The largest absolute Gasteiger partial charge is 0.446 e. The molecule has 0 radical (unpaired) electrons. The van der Waals surface area contributed by atoms with Crippen LogP contribution < -0.4 is 4.90 Å². The highest BCUT2D eigenvalue weighted by atomic mass is 35.5. The van der Waals surface area contributed by atoms with Gasteiger partial charge in [0.1, 0.15) is 11.9 Å². The summed E-state index contributed by atoms with van der Waals surface area (Å²) in [7, 11) is 0. The molecule has 0 bridgehead atoms. The summed E-state index contributed by atoms with van der Waals surface area (Å²) in [6, 6.07) is 11.4. The number of benzene rings is 1. The predicted molar refractivity (Wildman–Crippen MR) is 115 cm³/mol. The number of ketones is 1. The molecule has 156 valence electrons. The molecule has 30 heavy (non-hydrogen) atoms. The quantitative estimate of drug-likeness (QED) is 0.676. The number of Topliss-reactive ketones (excluding diaryl/α,β-unsaturated/α-hetero) is 1. The molecule has 5 nitrogen and oxygen atoms in total. The summed E-state index contributed by atoms with van der Waals surface area (Å²) in [6.07, 6.45) is 6.48. The third-order valence-electron chi connectivity index (χ3n) is 6.56. The number of aromatic nitrogens is 1. The van der Waals surface area contributed by atoms with Gasteiger partial charge < -0.3 is 4.74 Å². The molecule has 2 saturated carbocycles. The number of carbonyl (C=O) groups is 2. The van der Waals surface area contributed by atoms with Crippen molar-refractivity contribution >= 4 is 29.2 Å². The van der Waals surface area contributed by atoms with Crippen LogP contribution in [0.5, 0.6) is 0 Å². The number of hydrogen-bond donors (Lipinski definition) is 0. The van der Waals surface area contributed by atoms with E-state index >= 15 is 0 Å². The van der Waals surface area contributed by atoms with Gasteiger partial charge in [-0.05, 0) is 68.4 Å². The summed E-state index contributed by atoms with van der Waals surface area (Å²) < 4.78 is 5.50. The van der Waals surface area contributed by atoms with Crippen LogP contribution in [0.4, 0.5) is 10.5 Å². The van der Waals surface area contributed by atoms with E-state index in [0.717, 1.165) is 67.6 Å². The van der Waals surface area contributed by atoms with Crippen LogP contribution in [-0.4, -0.2) is 29.5 Å². The number of anilines is 1. The van der Waals surface area contributed by atoms with Gasteiger partial charge in [-0.2, -0.15) is 0 Å². The summed E-state index contributed by atoms with van der Waals surface area (Å²) in [5.41, 5.74) is 3.05. The fourth-order valence-corrected chi connectivity index (χ4v) is 4.59. The minimum Gasteiger partial charge on any atom is -0.446 e. The Kier molecular flexibility index (Phi) is 5.02. The number of nitrogens with zero attached hydrogens (tertiary/aromatic N) is 2. The van der Waals surface area contributed by atoms with E-state index < -0.39 is 5.41 Å². The van der Waals surface area contributed by atoms with Crippen LogP contribution in [0.3, 0.4) is 0 Å². The van der Waals surface area contributed by atoms with Gasteiger partial charge in [0.25, 0.3) is 0 Å². The van der Waals surface area contributed by atoms with Gasteiger partial charge >= 0.3 is 6.09 Å². The van der Waals surface area contributed by atoms with Crippen molar-refractivity contribution in [2.24, 2.45) is 0 Å². The molecule has 3 aliphatic rings. The van der Waals surface area contributed by atoms with Crippen LogP contribution >= 0.6 is 11.6 Å². The van der Waals surface area contributed by atoms with Gasteiger partial charge in [-0.25, -0.2) is 4.79 Å². The Morgan fingerprint density at radius 1 is 1.10 bits per heavy atom. The Bertz CT molecular complexity index is 980. The van der Waals surface area contributed by atoms with Crippen molar-refractivity contribution in [3.63, 3.8) is 0 Å². The average molecular weight is 425 g/mol. The molecule has 2 aromatic rings. The first-order valence-corrected chi connectivity index (χ1v) is 11.2. The highest BCUT2D eigenvalue weighted by Crippen LogP contribution is 2.45. The van der Waals surface area contributed by atoms with E-state index in [0.29, 0.717) is 18.0 Å². The first-order chi connectivity index (χ1) is 14.5. The molecule has 1 aliphatic heterocycles. The molecule has 5 rings (SSSR count). The van der Waals surface area contributed by atoms with Crippen molar-refractivity contribution in [2.75, 3.05) is 11.4 Å². The molecule has 1 amide bonds. The summed E-state index contributed by atoms with van der Waals surface area (Å²) in [6.45, 7) is 0.653. The maximum atomic E-state index is 13.3. The lowest BCUT2D eigenvalue weighted by atomic mass is 9.62. The first kappa shape index (κ1) is 19.6. The lowest BCUT2D eigenvalue weighted by molar-refractivity contribution is -0.127. The average Bonchev–Trinajstić information content (AvgIpc) is 3.52. The van der Waals surface area contributed by atoms with Crippen LogP contribution in [0.15, 0.2) is 36.4 Å². The molecule has 0 saturated heterocycles. The Balaban J connectivity index is 1.39. The Morgan fingerprint density at radius 2 is 1.87 bits per heavy atom. The number of halogens is 1. The second-order valence-electron chi connectivity index (χ2n) is 8.66. The van der Waals surface area contributed by atoms with Crippen molar-refractivity contribution in [2.45, 2.75) is 62.9 Å². The molecule has 0 N–H and O–H groups in total. The van der Waals surface area contributed by atoms with Gasteiger partial charge in [0.2, 0.25) is 0 Å². The smallest absolute Gasteiger partial charge is 0.414 e. The van der Waals surface area contributed by atoms with E-state index in [9.17, 15) is 9.59 Å². The van der Waals surface area contributed by atoms with Crippen molar-refractivity contribution < 1.29 is 14.3 Å². The van der Waals surface area contributed by atoms with Crippen molar-refractivity contribution in [3.8, 4) is 0 Å². The predicted octanol–water partition coefficient (Wildman–Crippen LogP) is 5.02. The molecule has 1 aromatic carbocycles. The number of aryl methyl sites for hydroxylation is 1. The van der Waals surface area contributed by atoms with E-state index in [4.69, 9.17) is 21.3 Å². The Labute approximate surface area is 181 Å². The number of hydrogen-bond acceptors (Lipinski definition) is 4. The minimum absolute atomic E-state index is 0.0823. The van der Waals surface area contributed by atoms with E-state index in [1.165, 1.54) is 0 Å². The third-order valence-corrected chi connectivity index (χ3v) is 6.81. The van der Waals surface area contributed by atoms with Gasteiger partial charge in [0.15, 0.2) is 0 Å². The SMILES string of the molecule is O=C(OC1CC1)N1CCCc2nc(C3(C(=O)Cc4ccc(Cl)cc4)CCC3)ccc21. The summed E-state index contributed by atoms with van der Waals surface area (Å²) in [4.78, 5) is 32.4. The number of pyridine rings is 1. The molecular weight excluding hydrogens is 400 g/mol. The lowest BCUT2D eigenvalue weighted by Crippen LogP contribution is -2.44. The molecule has 2 aliphatic carbocycles. The number of amides is 1. The maximum absolute atomic E-state index is 13.3. The van der Waals surface area contributed by atoms with Gasteiger partial charge in [0.05, 0.1) is 22.5 Å². The molecule has 6 heteroatoms. The zero-order valence-corrected chi connectivity index (χ0v) is 17.7.